The maximum absolute atomic E-state index is 4.38. The number of thiol groups is 1. The van der Waals surface area contributed by atoms with E-state index in [-0.39, 0.29) is 0 Å². The summed E-state index contributed by atoms with van der Waals surface area (Å²) in [4.78, 5) is 0. The van der Waals surface area contributed by atoms with E-state index in [0.717, 1.165) is 0 Å². The summed E-state index contributed by atoms with van der Waals surface area (Å²) in [6.45, 7) is 10.0. The van der Waals surface area contributed by atoms with E-state index >= 15 is 0 Å². The zero-order valence-corrected chi connectivity index (χ0v) is 10.3. The lowest BCUT2D eigenvalue weighted by Gasteiger charge is -2.27. The third-order valence-corrected chi connectivity index (χ3v) is 3.22. The maximum atomic E-state index is 4.38. The van der Waals surface area contributed by atoms with Crippen molar-refractivity contribution in [2.45, 2.75) is 51.2 Å². The van der Waals surface area contributed by atoms with Crippen molar-refractivity contribution in [2.75, 3.05) is 6.54 Å². The van der Waals surface area contributed by atoms with E-state index < -0.39 is 0 Å². The van der Waals surface area contributed by atoms with Gasteiger partial charge in [-0.3, -0.25) is 0 Å². The highest BCUT2D eigenvalue weighted by Crippen LogP contribution is 2.23. The molecule has 0 aromatic carbocycles. The van der Waals surface area contributed by atoms with Gasteiger partial charge in [-0.15, -0.1) is 0 Å². The zero-order valence-electron chi connectivity index (χ0n) is 8.58. The van der Waals surface area contributed by atoms with Gasteiger partial charge in [0.1, 0.15) is 0 Å². The first-order valence-electron chi connectivity index (χ1n) is 4.73. The van der Waals surface area contributed by atoms with E-state index in [0.29, 0.717) is 10.6 Å². The van der Waals surface area contributed by atoms with Crippen LogP contribution in [0.1, 0.15) is 40.5 Å². The molecule has 0 aromatic heterocycles. The Hall–Kier alpha value is 0.660. The minimum atomic E-state index is 0.408. The first-order valence-corrected chi connectivity index (χ1v) is 6.08. The van der Waals surface area contributed by atoms with Gasteiger partial charge in [0, 0.05) is 12.6 Å². The molecule has 74 valence electrons. The molecular formula is C9H21NS2. The van der Waals surface area contributed by atoms with E-state index in [1.807, 2.05) is 11.9 Å². The van der Waals surface area contributed by atoms with Gasteiger partial charge in [-0.05, 0) is 26.7 Å². The average molecular weight is 207 g/mol. The fourth-order valence-corrected chi connectivity index (χ4v) is 2.40. The molecular weight excluding hydrogens is 186 g/mol. The van der Waals surface area contributed by atoms with Crippen LogP contribution in [0.25, 0.3) is 0 Å². The number of nitrogens with zero attached hydrogens (tertiary/aromatic N) is 1. The van der Waals surface area contributed by atoms with Crippen molar-refractivity contribution in [3.8, 4) is 0 Å². The molecule has 0 saturated carbocycles. The monoisotopic (exact) mass is 207 g/mol. The van der Waals surface area contributed by atoms with Crippen LogP contribution >= 0.6 is 24.6 Å². The molecule has 0 bridgehead atoms. The molecule has 0 saturated heterocycles. The molecule has 1 nitrogen and oxygen atoms in total. The minimum absolute atomic E-state index is 0.408. The van der Waals surface area contributed by atoms with Gasteiger partial charge in [0.25, 0.3) is 0 Å². The Morgan fingerprint density at radius 2 is 1.92 bits per heavy atom. The van der Waals surface area contributed by atoms with Gasteiger partial charge in [-0.1, -0.05) is 25.8 Å². The SMILES string of the molecule is CCCN(SC(C)S)C(C)CC. The van der Waals surface area contributed by atoms with Crippen LogP contribution in [0, 0.1) is 0 Å². The molecule has 0 fully saturated rings. The van der Waals surface area contributed by atoms with Crippen LogP contribution in [-0.4, -0.2) is 21.5 Å². The Balaban J connectivity index is 3.84. The van der Waals surface area contributed by atoms with E-state index in [1.54, 1.807) is 0 Å². The molecule has 0 aliphatic carbocycles. The second-order valence-corrected chi connectivity index (χ2v) is 5.61. The van der Waals surface area contributed by atoms with Gasteiger partial charge < -0.3 is 0 Å². The van der Waals surface area contributed by atoms with Gasteiger partial charge >= 0.3 is 0 Å². The van der Waals surface area contributed by atoms with Crippen molar-refractivity contribution in [1.29, 1.82) is 0 Å². The Kier molecular flexibility index (Phi) is 7.49. The van der Waals surface area contributed by atoms with Gasteiger partial charge in [-0.25, -0.2) is 4.31 Å². The van der Waals surface area contributed by atoms with Gasteiger partial charge in [-0.2, -0.15) is 12.6 Å². The average Bonchev–Trinajstić information content (AvgIpc) is 2.01. The Morgan fingerprint density at radius 1 is 1.33 bits per heavy atom. The third kappa shape index (κ3) is 5.33. The fraction of sp³-hybridized carbons (Fsp3) is 1.00. The van der Waals surface area contributed by atoms with Crippen molar-refractivity contribution in [2.24, 2.45) is 0 Å². The summed E-state index contributed by atoms with van der Waals surface area (Å²) >= 11 is 6.24. The summed E-state index contributed by atoms with van der Waals surface area (Å²) in [5, 5.41) is 0. The molecule has 0 spiro atoms. The molecule has 2 atom stereocenters. The van der Waals surface area contributed by atoms with E-state index in [2.05, 4.69) is 44.6 Å². The van der Waals surface area contributed by atoms with Crippen LogP contribution in [0.15, 0.2) is 0 Å². The van der Waals surface area contributed by atoms with Crippen LogP contribution in [-0.2, 0) is 0 Å². The van der Waals surface area contributed by atoms with Gasteiger partial charge in [0.05, 0.1) is 4.58 Å². The number of rotatable bonds is 6. The summed E-state index contributed by atoms with van der Waals surface area (Å²) in [5.74, 6) is 0. The predicted molar refractivity (Wildman–Crippen MR) is 62.8 cm³/mol. The lowest BCUT2D eigenvalue weighted by molar-refractivity contribution is 0.364. The third-order valence-electron chi connectivity index (χ3n) is 1.81. The van der Waals surface area contributed by atoms with E-state index in [9.17, 15) is 0 Å². The summed E-state index contributed by atoms with van der Waals surface area (Å²) in [6.07, 6.45) is 2.44. The Bertz CT molecular complexity index is 107. The highest BCUT2D eigenvalue weighted by atomic mass is 32.2. The van der Waals surface area contributed by atoms with Crippen molar-refractivity contribution >= 4 is 24.6 Å². The molecule has 0 heterocycles. The second kappa shape index (κ2) is 7.10. The van der Waals surface area contributed by atoms with Crippen molar-refractivity contribution in [3.63, 3.8) is 0 Å². The van der Waals surface area contributed by atoms with E-state index in [4.69, 9.17) is 0 Å². The normalized spacial score (nSPS) is 16.5. The molecule has 0 amide bonds. The summed E-state index contributed by atoms with van der Waals surface area (Å²) in [7, 11) is 0. The van der Waals surface area contributed by atoms with Crippen LogP contribution < -0.4 is 0 Å². The Morgan fingerprint density at radius 3 is 2.25 bits per heavy atom. The topological polar surface area (TPSA) is 3.24 Å². The number of hydrogen-bond donors (Lipinski definition) is 1. The van der Waals surface area contributed by atoms with Crippen LogP contribution in [0.2, 0.25) is 0 Å². The highest BCUT2D eigenvalue weighted by Gasteiger charge is 2.12. The van der Waals surface area contributed by atoms with Crippen molar-refractivity contribution in [1.82, 2.24) is 4.31 Å². The van der Waals surface area contributed by atoms with Crippen LogP contribution in [0.3, 0.4) is 0 Å². The van der Waals surface area contributed by atoms with E-state index in [1.165, 1.54) is 19.4 Å². The van der Waals surface area contributed by atoms with Gasteiger partial charge in [0.15, 0.2) is 0 Å². The van der Waals surface area contributed by atoms with Crippen LogP contribution in [0.4, 0.5) is 0 Å². The minimum Gasteiger partial charge on any atom is -0.247 e. The number of hydrogen-bond acceptors (Lipinski definition) is 3. The first kappa shape index (κ1) is 12.7. The molecule has 2 unspecified atom stereocenters. The molecule has 0 aliphatic heterocycles. The molecule has 0 aliphatic rings. The molecule has 3 heteroatoms. The lowest BCUT2D eigenvalue weighted by atomic mass is 10.2. The quantitative estimate of drug-likeness (QED) is 0.404. The standard InChI is InChI=1S/C9H21NS2/c1-5-7-10(8(3)6-2)12-9(4)11/h8-9,11H,5-7H2,1-4H3. The smallest absolute Gasteiger partial charge is 0.0591 e. The van der Waals surface area contributed by atoms with Crippen molar-refractivity contribution in [3.05, 3.63) is 0 Å². The molecule has 0 radical (unpaired) electrons. The zero-order chi connectivity index (χ0) is 9.56. The predicted octanol–water partition coefficient (Wildman–Crippen LogP) is 3.42. The summed E-state index contributed by atoms with van der Waals surface area (Å²) in [6, 6.07) is 0.671. The summed E-state index contributed by atoms with van der Waals surface area (Å²) in [5.41, 5.74) is 0. The highest BCUT2D eigenvalue weighted by molar-refractivity contribution is 8.08. The molecule has 0 N–H and O–H groups in total. The molecule has 12 heavy (non-hydrogen) atoms. The second-order valence-electron chi connectivity index (χ2n) is 3.10. The summed E-state index contributed by atoms with van der Waals surface area (Å²) < 4.78 is 2.85. The Labute approximate surface area is 86.8 Å². The lowest BCUT2D eigenvalue weighted by Crippen LogP contribution is -2.28. The largest absolute Gasteiger partial charge is 0.247 e. The maximum Gasteiger partial charge on any atom is 0.0591 e. The fourth-order valence-electron chi connectivity index (χ4n) is 0.997. The van der Waals surface area contributed by atoms with Crippen LogP contribution in [0.5, 0.6) is 0 Å². The molecule has 0 rings (SSSR count). The van der Waals surface area contributed by atoms with Crippen molar-refractivity contribution < 1.29 is 0 Å². The first-order chi connectivity index (χ1) is 5.61. The molecule has 0 aromatic rings. The van der Waals surface area contributed by atoms with Gasteiger partial charge in [0.2, 0.25) is 0 Å².